The van der Waals surface area contributed by atoms with Crippen molar-refractivity contribution in [3.8, 4) is 5.75 Å². The van der Waals surface area contributed by atoms with E-state index in [4.69, 9.17) is 4.74 Å². The van der Waals surface area contributed by atoms with Crippen LogP contribution < -0.4 is 4.74 Å². The average Bonchev–Trinajstić information content (AvgIpc) is 2.58. The number of allylic oxidation sites excluding steroid dienone is 2. The van der Waals surface area contributed by atoms with Crippen molar-refractivity contribution in [1.29, 1.82) is 0 Å². The van der Waals surface area contributed by atoms with Gasteiger partial charge in [0.25, 0.3) is 0 Å². The molecule has 1 aliphatic rings. The van der Waals surface area contributed by atoms with Crippen molar-refractivity contribution in [3.63, 3.8) is 0 Å². The lowest BCUT2D eigenvalue weighted by atomic mass is 9.95. The Hall–Kier alpha value is -2.21. The van der Waals surface area contributed by atoms with E-state index in [-0.39, 0.29) is 11.8 Å². The Kier molecular flexibility index (Phi) is 6.89. The highest BCUT2D eigenvalue weighted by Crippen LogP contribution is 2.42. The minimum absolute atomic E-state index is 0.0250. The molecule has 1 unspecified atom stereocenters. The van der Waals surface area contributed by atoms with Crippen LogP contribution in [0.5, 0.6) is 5.75 Å². The molecule has 2 rings (SSSR count). The molecule has 0 amide bonds. The molecule has 0 fully saturated rings. The highest BCUT2D eigenvalue weighted by Gasteiger charge is 2.49. The lowest BCUT2D eigenvalue weighted by molar-refractivity contribution is -0.276. The van der Waals surface area contributed by atoms with Crippen LogP contribution in [0.2, 0.25) is 0 Å². The van der Waals surface area contributed by atoms with Gasteiger partial charge in [0.05, 0.1) is 6.04 Å². The molecule has 0 spiro atoms. The largest absolute Gasteiger partial charge is 0.428 e. The Morgan fingerprint density at radius 1 is 1.28 bits per heavy atom. The van der Waals surface area contributed by atoms with Gasteiger partial charge in [-0.2, -0.15) is 8.78 Å². The molecule has 0 radical (unpaired) electrons. The number of aliphatic hydroxyl groups is 1. The summed E-state index contributed by atoms with van der Waals surface area (Å²) in [7, 11) is 1.98. The summed E-state index contributed by atoms with van der Waals surface area (Å²) in [6.45, 7) is 9.86. The van der Waals surface area contributed by atoms with Crippen LogP contribution in [-0.2, 0) is 0 Å². The van der Waals surface area contributed by atoms with Crippen LogP contribution in [0.3, 0.4) is 0 Å². The number of aliphatic imine (C=N–C) groups is 1. The van der Waals surface area contributed by atoms with Gasteiger partial charge in [0.15, 0.2) is 11.4 Å². The van der Waals surface area contributed by atoms with Crippen molar-refractivity contribution < 1.29 is 18.6 Å². The van der Waals surface area contributed by atoms with Crippen LogP contribution in [0.4, 0.5) is 14.5 Å². The molecule has 1 aromatic carbocycles. The minimum Gasteiger partial charge on any atom is -0.428 e. The van der Waals surface area contributed by atoms with E-state index in [0.29, 0.717) is 5.69 Å². The van der Waals surface area contributed by atoms with E-state index in [1.807, 2.05) is 47.0 Å². The number of rotatable bonds is 7. The topological polar surface area (TPSA) is 45.1 Å². The van der Waals surface area contributed by atoms with E-state index in [1.165, 1.54) is 6.07 Å². The van der Waals surface area contributed by atoms with E-state index in [2.05, 4.69) is 16.0 Å². The second-order valence-electron chi connectivity index (χ2n) is 8.24. The highest BCUT2D eigenvalue weighted by molar-refractivity contribution is 5.86. The molecule has 1 N–H and O–H groups in total. The van der Waals surface area contributed by atoms with E-state index in [9.17, 15) is 13.9 Å². The van der Waals surface area contributed by atoms with Gasteiger partial charge in [0.2, 0.25) is 0 Å². The highest BCUT2D eigenvalue weighted by atomic mass is 19.3. The van der Waals surface area contributed by atoms with E-state index in [1.54, 1.807) is 6.07 Å². The number of ether oxygens (including phenoxy) is 1. The van der Waals surface area contributed by atoms with Gasteiger partial charge in [0, 0.05) is 19.0 Å². The Labute approximate surface area is 172 Å². The first-order chi connectivity index (χ1) is 13.4. The fourth-order valence-corrected chi connectivity index (χ4v) is 3.25. The molecule has 6 heteroatoms. The van der Waals surface area contributed by atoms with E-state index in [0.717, 1.165) is 49.1 Å². The second kappa shape index (κ2) is 8.66. The molecule has 1 heterocycles. The van der Waals surface area contributed by atoms with Crippen LogP contribution in [-0.4, -0.2) is 34.5 Å². The Morgan fingerprint density at radius 3 is 2.48 bits per heavy atom. The molecule has 160 valence electrons. The summed E-state index contributed by atoms with van der Waals surface area (Å²) >= 11 is 0. The minimum atomic E-state index is -3.76. The maximum absolute atomic E-state index is 14.4. The number of hydrogen-bond acceptors (Lipinski definition) is 4. The quantitative estimate of drug-likeness (QED) is 0.559. The first-order valence-electron chi connectivity index (χ1n) is 9.92. The Morgan fingerprint density at radius 2 is 1.93 bits per heavy atom. The van der Waals surface area contributed by atoms with Crippen LogP contribution in [0.15, 0.2) is 41.1 Å². The summed E-state index contributed by atoms with van der Waals surface area (Å²) in [5, 5.41) is 9.82. The van der Waals surface area contributed by atoms with Crippen LogP contribution in [0, 0.1) is 6.92 Å². The zero-order valence-electron chi connectivity index (χ0n) is 18.4. The molecule has 0 saturated carbocycles. The lowest BCUT2D eigenvalue weighted by Crippen LogP contribution is -2.47. The maximum atomic E-state index is 14.4. The van der Waals surface area contributed by atoms with Crippen molar-refractivity contribution in [2.45, 2.75) is 72.1 Å². The lowest BCUT2D eigenvalue weighted by Gasteiger charge is -2.31. The number of halogens is 2. The zero-order valence-corrected chi connectivity index (χ0v) is 18.4. The SMILES string of the molecule is CCC/C(C)=N\c1c(OC(F)(F)C(C)(C)O)ccc(C2C=CC(C)=CN2C)c1C. The predicted molar refractivity (Wildman–Crippen MR) is 114 cm³/mol. The monoisotopic (exact) mass is 406 g/mol. The standard InChI is InChI=1S/C23H32F2N2O2/c1-8-9-16(3)26-21-17(4)18(19-12-10-15(2)14-27(19)7)11-13-20(21)29-23(24,25)22(5,6)28/h10-14,19,28H,8-9H2,1-7H3/b26-16-. The fourth-order valence-electron chi connectivity index (χ4n) is 3.25. The molecule has 1 atom stereocenters. The third kappa shape index (κ3) is 5.24. The van der Waals surface area contributed by atoms with Crippen molar-refractivity contribution in [2.24, 2.45) is 4.99 Å². The summed E-state index contributed by atoms with van der Waals surface area (Å²) in [5.41, 5.74) is 1.78. The number of nitrogens with zero attached hydrogens (tertiary/aromatic N) is 2. The molecule has 1 aliphatic heterocycles. The van der Waals surface area contributed by atoms with Gasteiger partial charge in [-0.25, -0.2) is 0 Å². The second-order valence-corrected chi connectivity index (χ2v) is 8.24. The summed E-state index contributed by atoms with van der Waals surface area (Å²) in [6, 6.07) is 3.29. The van der Waals surface area contributed by atoms with Gasteiger partial charge >= 0.3 is 6.11 Å². The third-order valence-corrected chi connectivity index (χ3v) is 5.01. The van der Waals surface area contributed by atoms with Gasteiger partial charge in [-0.15, -0.1) is 0 Å². The summed E-state index contributed by atoms with van der Waals surface area (Å²) in [4.78, 5) is 6.71. The third-order valence-electron chi connectivity index (χ3n) is 5.01. The molecule has 0 aliphatic carbocycles. The predicted octanol–water partition coefficient (Wildman–Crippen LogP) is 6.08. The molecule has 0 aromatic heterocycles. The summed E-state index contributed by atoms with van der Waals surface area (Å²) in [6.07, 6.45) is 4.07. The van der Waals surface area contributed by atoms with Crippen molar-refractivity contribution in [3.05, 3.63) is 47.2 Å². The fraction of sp³-hybridized carbons (Fsp3) is 0.522. The van der Waals surface area contributed by atoms with Crippen LogP contribution in [0.1, 0.15) is 64.6 Å². The average molecular weight is 407 g/mol. The Bertz CT molecular complexity index is 836. The van der Waals surface area contributed by atoms with Crippen molar-refractivity contribution >= 4 is 11.4 Å². The number of hydrogen-bond donors (Lipinski definition) is 1. The summed E-state index contributed by atoms with van der Waals surface area (Å²) in [5.74, 6) is -0.0389. The molecule has 4 nitrogen and oxygen atoms in total. The van der Waals surface area contributed by atoms with Crippen molar-refractivity contribution in [2.75, 3.05) is 7.05 Å². The molecule has 1 aromatic rings. The van der Waals surface area contributed by atoms with Gasteiger partial charge in [-0.3, -0.25) is 4.99 Å². The number of benzene rings is 1. The molecule has 0 bridgehead atoms. The Balaban J connectivity index is 2.57. The normalized spacial score (nSPS) is 18.1. The maximum Gasteiger partial charge on any atom is 0.426 e. The van der Waals surface area contributed by atoms with E-state index >= 15 is 0 Å². The molecular weight excluding hydrogens is 374 g/mol. The zero-order chi connectivity index (χ0) is 22.0. The first-order valence-corrected chi connectivity index (χ1v) is 9.92. The van der Waals surface area contributed by atoms with Gasteiger partial charge in [-0.05, 0) is 63.8 Å². The number of likely N-dealkylation sites (N-methyl/N-ethyl adjacent to an activating group) is 1. The van der Waals surface area contributed by atoms with Crippen LogP contribution >= 0.6 is 0 Å². The molecular formula is C23H32F2N2O2. The summed E-state index contributed by atoms with van der Waals surface area (Å²) < 4.78 is 33.9. The van der Waals surface area contributed by atoms with Gasteiger partial charge in [0.1, 0.15) is 5.69 Å². The molecule has 29 heavy (non-hydrogen) atoms. The molecule has 0 saturated heterocycles. The first kappa shape index (κ1) is 23.1. The smallest absolute Gasteiger partial charge is 0.426 e. The number of alkyl halides is 2. The van der Waals surface area contributed by atoms with Crippen LogP contribution in [0.25, 0.3) is 0 Å². The van der Waals surface area contributed by atoms with Gasteiger partial charge in [-0.1, -0.05) is 31.6 Å². The van der Waals surface area contributed by atoms with E-state index < -0.39 is 11.7 Å². The van der Waals surface area contributed by atoms with Crippen molar-refractivity contribution in [1.82, 2.24) is 4.90 Å². The van der Waals surface area contributed by atoms with Gasteiger partial charge < -0.3 is 14.7 Å².